The number of sulfonamides is 1. The van der Waals surface area contributed by atoms with Crippen molar-refractivity contribution < 1.29 is 16.8 Å². The van der Waals surface area contributed by atoms with Crippen LogP contribution in [0.25, 0.3) is 0 Å². The highest BCUT2D eigenvalue weighted by atomic mass is 32.2. The first-order valence-corrected chi connectivity index (χ1v) is 11.1. The van der Waals surface area contributed by atoms with Gasteiger partial charge in [0.05, 0.1) is 11.0 Å². The summed E-state index contributed by atoms with van der Waals surface area (Å²) in [6, 6.07) is 8.81. The van der Waals surface area contributed by atoms with Crippen LogP contribution in [0.3, 0.4) is 0 Å². The average molecular weight is 343 g/mol. The van der Waals surface area contributed by atoms with Crippen LogP contribution in [0.1, 0.15) is 31.2 Å². The first kappa shape index (κ1) is 16.0. The number of piperidine rings is 1. The molecule has 7 heteroatoms. The van der Waals surface area contributed by atoms with Gasteiger partial charge >= 0.3 is 0 Å². The van der Waals surface area contributed by atoms with E-state index in [2.05, 4.69) is 0 Å². The molecule has 2 bridgehead atoms. The molecule has 0 aliphatic carbocycles. The summed E-state index contributed by atoms with van der Waals surface area (Å²) in [6.07, 6.45) is 3.66. The maximum absolute atomic E-state index is 12.7. The maximum Gasteiger partial charge on any atom is 0.218 e. The highest BCUT2D eigenvalue weighted by Gasteiger charge is 2.48. The Morgan fingerprint density at radius 2 is 1.55 bits per heavy atom. The molecule has 3 rings (SSSR count). The molecule has 3 atom stereocenters. The van der Waals surface area contributed by atoms with Gasteiger partial charge in [0, 0.05) is 18.3 Å². The van der Waals surface area contributed by atoms with Crippen molar-refractivity contribution in [1.82, 2.24) is 4.31 Å². The first-order chi connectivity index (χ1) is 10.3. The third kappa shape index (κ3) is 3.07. The van der Waals surface area contributed by atoms with E-state index in [9.17, 15) is 16.8 Å². The smallest absolute Gasteiger partial charge is 0.218 e. The van der Waals surface area contributed by atoms with E-state index in [0.29, 0.717) is 12.8 Å². The van der Waals surface area contributed by atoms with E-state index >= 15 is 0 Å². The van der Waals surface area contributed by atoms with Gasteiger partial charge in [-0.2, -0.15) is 4.31 Å². The molecule has 22 heavy (non-hydrogen) atoms. The Balaban J connectivity index is 1.82. The normalized spacial score (nSPS) is 29.6. The number of rotatable bonds is 4. The molecule has 0 N–H and O–H groups in total. The summed E-state index contributed by atoms with van der Waals surface area (Å²) in [6.45, 7) is 0. The van der Waals surface area contributed by atoms with Gasteiger partial charge in [0.25, 0.3) is 0 Å². The average Bonchev–Trinajstić information content (AvgIpc) is 2.70. The zero-order valence-corrected chi connectivity index (χ0v) is 14.2. The third-order valence-corrected chi connectivity index (χ3v) is 8.27. The van der Waals surface area contributed by atoms with Crippen molar-refractivity contribution in [3.63, 3.8) is 0 Å². The maximum atomic E-state index is 12.7. The molecule has 0 aromatic heterocycles. The van der Waals surface area contributed by atoms with Crippen molar-refractivity contribution in [2.24, 2.45) is 0 Å². The van der Waals surface area contributed by atoms with Crippen LogP contribution in [0.4, 0.5) is 0 Å². The van der Waals surface area contributed by atoms with Gasteiger partial charge in [-0.05, 0) is 31.2 Å². The van der Waals surface area contributed by atoms with Gasteiger partial charge in [0.2, 0.25) is 10.0 Å². The third-order valence-electron chi connectivity index (χ3n) is 4.74. The summed E-state index contributed by atoms with van der Waals surface area (Å²) in [5, 5.41) is -0.395. The molecule has 0 spiro atoms. The minimum atomic E-state index is -3.40. The summed E-state index contributed by atoms with van der Waals surface area (Å²) in [7, 11) is -6.50. The number of benzene rings is 1. The Kier molecular flexibility index (Phi) is 4.07. The fourth-order valence-electron chi connectivity index (χ4n) is 3.75. The quantitative estimate of drug-likeness (QED) is 0.832. The zero-order valence-electron chi connectivity index (χ0n) is 12.6. The highest BCUT2D eigenvalue weighted by molar-refractivity contribution is 7.91. The lowest BCUT2D eigenvalue weighted by atomic mass is 10.1. The Hall–Kier alpha value is -0.920. The topological polar surface area (TPSA) is 71.5 Å². The van der Waals surface area contributed by atoms with Gasteiger partial charge in [0.1, 0.15) is 9.84 Å². The van der Waals surface area contributed by atoms with Gasteiger partial charge in [-0.1, -0.05) is 30.3 Å². The van der Waals surface area contributed by atoms with Crippen molar-refractivity contribution in [3.05, 3.63) is 35.9 Å². The van der Waals surface area contributed by atoms with E-state index in [4.69, 9.17) is 0 Å². The Bertz CT molecular complexity index is 729. The molecule has 0 radical (unpaired) electrons. The molecule has 1 unspecified atom stereocenters. The van der Waals surface area contributed by atoms with Crippen LogP contribution in [0.5, 0.6) is 0 Å². The lowest BCUT2D eigenvalue weighted by Gasteiger charge is -2.37. The Morgan fingerprint density at radius 3 is 2.05 bits per heavy atom. The molecule has 2 aliphatic rings. The second-order valence-electron chi connectivity index (χ2n) is 6.38. The predicted octanol–water partition coefficient (Wildman–Crippen LogP) is 1.56. The molecule has 0 saturated carbocycles. The molecule has 5 nitrogen and oxygen atoms in total. The van der Waals surface area contributed by atoms with E-state index < -0.39 is 25.1 Å². The van der Waals surface area contributed by atoms with Crippen molar-refractivity contribution in [1.29, 1.82) is 0 Å². The molecule has 2 heterocycles. The number of nitrogens with zero attached hydrogens (tertiary/aromatic N) is 1. The van der Waals surface area contributed by atoms with E-state index in [-0.39, 0.29) is 17.8 Å². The molecule has 1 aromatic carbocycles. The molecule has 2 aliphatic heterocycles. The molecule has 122 valence electrons. The zero-order chi connectivity index (χ0) is 16.0. The number of hydrogen-bond acceptors (Lipinski definition) is 4. The van der Waals surface area contributed by atoms with Crippen LogP contribution in [-0.4, -0.2) is 44.7 Å². The van der Waals surface area contributed by atoms with Crippen LogP contribution < -0.4 is 0 Å². The Labute approximate surface area is 132 Å². The SMILES string of the molecule is CS(=O)(=O)C1C[C@H]2CC[C@@H](C1)N2S(=O)(=O)Cc1ccccc1. The molecular weight excluding hydrogens is 322 g/mol. The first-order valence-electron chi connectivity index (χ1n) is 7.51. The largest absolute Gasteiger partial charge is 0.229 e. The molecule has 1 aromatic rings. The van der Waals surface area contributed by atoms with Crippen LogP contribution in [0.15, 0.2) is 30.3 Å². The van der Waals surface area contributed by atoms with E-state index in [0.717, 1.165) is 18.4 Å². The number of sulfone groups is 1. The van der Waals surface area contributed by atoms with Crippen LogP contribution in [-0.2, 0) is 25.6 Å². The Morgan fingerprint density at radius 1 is 1.00 bits per heavy atom. The summed E-state index contributed by atoms with van der Waals surface area (Å²) in [4.78, 5) is 0. The van der Waals surface area contributed by atoms with Crippen molar-refractivity contribution in [2.45, 2.75) is 48.8 Å². The van der Waals surface area contributed by atoms with Gasteiger partial charge in [-0.25, -0.2) is 16.8 Å². The number of fused-ring (bicyclic) bond motifs is 2. The molecular formula is C15H21NO4S2. The van der Waals surface area contributed by atoms with Gasteiger partial charge in [0.15, 0.2) is 0 Å². The standard InChI is InChI=1S/C15H21NO4S2/c1-21(17,18)15-9-13-7-8-14(10-15)16(13)22(19,20)11-12-5-3-2-4-6-12/h2-6,13-15H,7-11H2,1H3/t13-,14+,15?. The van der Waals surface area contributed by atoms with Crippen molar-refractivity contribution in [2.75, 3.05) is 6.26 Å². The minimum absolute atomic E-state index is 0.00954. The van der Waals surface area contributed by atoms with E-state index in [1.807, 2.05) is 30.3 Å². The molecule has 2 saturated heterocycles. The lowest BCUT2D eigenvalue weighted by Crippen LogP contribution is -2.49. The second-order valence-corrected chi connectivity index (χ2v) is 10.6. The van der Waals surface area contributed by atoms with E-state index in [1.165, 1.54) is 6.26 Å². The fourth-order valence-corrected chi connectivity index (χ4v) is 6.94. The summed E-state index contributed by atoms with van der Waals surface area (Å²) in [5.74, 6) is -0.00954. The molecule has 0 amide bonds. The van der Waals surface area contributed by atoms with E-state index in [1.54, 1.807) is 4.31 Å². The highest BCUT2D eigenvalue weighted by Crippen LogP contribution is 2.40. The van der Waals surface area contributed by atoms with Gasteiger partial charge in [-0.3, -0.25) is 0 Å². The van der Waals surface area contributed by atoms with Gasteiger partial charge in [-0.15, -0.1) is 0 Å². The minimum Gasteiger partial charge on any atom is -0.229 e. The van der Waals surface area contributed by atoms with Crippen LogP contribution >= 0.6 is 0 Å². The monoisotopic (exact) mass is 343 g/mol. The summed E-state index contributed by atoms with van der Waals surface area (Å²) < 4.78 is 50.7. The summed E-state index contributed by atoms with van der Waals surface area (Å²) in [5.41, 5.74) is 0.770. The van der Waals surface area contributed by atoms with Crippen molar-refractivity contribution >= 4 is 19.9 Å². The number of hydrogen-bond donors (Lipinski definition) is 0. The van der Waals surface area contributed by atoms with Gasteiger partial charge < -0.3 is 0 Å². The fraction of sp³-hybridized carbons (Fsp3) is 0.600. The predicted molar refractivity (Wildman–Crippen MR) is 85.6 cm³/mol. The van der Waals surface area contributed by atoms with Crippen LogP contribution in [0.2, 0.25) is 0 Å². The second kappa shape index (κ2) is 5.62. The molecule has 2 fully saturated rings. The van der Waals surface area contributed by atoms with Crippen LogP contribution in [0, 0.1) is 0 Å². The lowest BCUT2D eigenvalue weighted by molar-refractivity contribution is 0.249. The summed E-state index contributed by atoms with van der Waals surface area (Å²) >= 11 is 0. The van der Waals surface area contributed by atoms with Crippen molar-refractivity contribution in [3.8, 4) is 0 Å².